The lowest BCUT2D eigenvalue weighted by Gasteiger charge is -2.36. The molecule has 0 aliphatic carbocycles. The van der Waals surface area contributed by atoms with Crippen molar-refractivity contribution >= 4 is 11.6 Å². The fraction of sp³-hybridized carbons (Fsp3) is 0.412. The summed E-state index contributed by atoms with van der Waals surface area (Å²) >= 11 is 0. The Morgan fingerprint density at radius 2 is 1.77 bits per heavy atom. The molecule has 5 heteroatoms. The summed E-state index contributed by atoms with van der Waals surface area (Å²) in [5, 5.41) is 0. The third kappa shape index (κ3) is 3.13. The van der Waals surface area contributed by atoms with E-state index in [9.17, 15) is 4.79 Å². The number of benzene rings is 1. The molecule has 0 radical (unpaired) electrons. The molecule has 0 atom stereocenters. The number of aryl methyl sites for hydroxylation is 2. The molecule has 22 heavy (non-hydrogen) atoms. The number of nitrogens with zero attached hydrogens (tertiary/aromatic N) is 4. The number of amides is 1. The zero-order chi connectivity index (χ0) is 15.5. The van der Waals surface area contributed by atoms with Crippen LogP contribution in [0.2, 0.25) is 0 Å². The summed E-state index contributed by atoms with van der Waals surface area (Å²) in [6, 6.07) is 10.4. The molecule has 2 heterocycles. The fourth-order valence-corrected chi connectivity index (χ4v) is 2.93. The summed E-state index contributed by atoms with van der Waals surface area (Å²) in [6.07, 6.45) is 1.94. The van der Waals surface area contributed by atoms with Crippen LogP contribution in [0.15, 0.2) is 36.5 Å². The van der Waals surface area contributed by atoms with Gasteiger partial charge in [-0.25, -0.2) is 4.98 Å². The number of piperazine rings is 1. The van der Waals surface area contributed by atoms with Crippen molar-refractivity contribution < 1.29 is 4.79 Å². The highest BCUT2D eigenvalue weighted by Crippen LogP contribution is 2.15. The van der Waals surface area contributed by atoms with Crippen molar-refractivity contribution in [2.45, 2.75) is 20.4 Å². The average Bonchev–Trinajstić information content (AvgIpc) is 2.86. The number of rotatable bonds is 3. The van der Waals surface area contributed by atoms with Gasteiger partial charge in [-0.3, -0.25) is 4.79 Å². The van der Waals surface area contributed by atoms with Crippen LogP contribution in [0.25, 0.3) is 0 Å². The van der Waals surface area contributed by atoms with Crippen LogP contribution < -0.4 is 4.90 Å². The maximum absolute atomic E-state index is 12.4. The second-order valence-corrected chi connectivity index (χ2v) is 5.76. The van der Waals surface area contributed by atoms with E-state index in [0.717, 1.165) is 37.7 Å². The van der Waals surface area contributed by atoms with Gasteiger partial charge in [0.15, 0.2) is 0 Å². The lowest BCUT2D eigenvalue weighted by atomic mass is 10.2. The summed E-state index contributed by atoms with van der Waals surface area (Å²) < 4.78 is 1.93. The predicted molar refractivity (Wildman–Crippen MR) is 86.9 cm³/mol. The summed E-state index contributed by atoms with van der Waals surface area (Å²) in [5.41, 5.74) is 2.19. The molecule has 1 saturated heterocycles. The van der Waals surface area contributed by atoms with E-state index in [-0.39, 0.29) is 5.91 Å². The van der Waals surface area contributed by atoms with Gasteiger partial charge in [0.2, 0.25) is 5.91 Å². The first-order valence-corrected chi connectivity index (χ1v) is 7.71. The molecular formula is C17H22N4O. The van der Waals surface area contributed by atoms with Crippen LogP contribution >= 0.6 is 0 Å². The minimum Gasteiger partial charge on any atom is -0.368 e. The van der Waals surface area contributed by atoms with E-state index in [1.807, 2.05) is 35.6 Å². The molecule has 3 rings (SSSR count). The Bertz CT molecular complexity index is 642. The smallest absolute Gasteiger partial charge is 0.242 e. The van der Waals surface area contributed by atoms with Gasteiger partial charge in [0.25, 0.3) is 0 Å². The lowest BCUT2D eigenvalue weighted by molar-refractivity contribution is -0.132. The molecule has 2 aromatic rings. The Morgan fingerprint density at radius 3 is 2.36 bits per heavy atom. The van der Waals surface area contributed by atoms with Crippen molar-refractivity contribution in [3.05, 3.63) is 48.0 Å². The minimum atomic E-state index is 0.174. The molecule has 1 aromatic carbocycles. The Labute approximate surface area is 131 Å². The Balaban J connectivity index is 1.57. The second kappa shape index (κ2) is 6.22. The van der Waals surface area contributed by atoms with Crippen LogP contribution in [-0.2, 0) is 11.3 Å². The summed E-state index contributed by atoms with van der Waals surface area (Å²) in [4.78, 5) is 21.1. The number of anilines is 1. The maximum atomic E-state index is 12.4. The van der Waals surface area contributed by atoms with Gasteiger partial charge in [-0.05, 0) is 26.0 Å². The molecule has 1 aliphatic rings. The normalized spacial score (nSPS) is 15.2. The van der Waals surface area contributed by atoms with Crippen molar-refractivity contribution in [2.75, 3.05) is 31.1 Å². The highest BCUT2D eigenvalue weighted by molar-refractivity contribution is 5.76. The summed E-state index contributed by atoms with van der Waals surface area (Å²) in [5.74, 6) is 1.07. The zero-order valence-electron chi connectivity index (χ0n) is 13.2. The minimum absolute atomic E-state index is 0.174. The van der Waals surface area contributed by atoms with Crippen LogP contribution in [0.4, 0.5) is 5.69 Å². The Hall–Kier alpha value is -2.30. The summed E-state index contributed by atoms with van der Waals surface area (Å²) in [6.45, 7) is 7.61. The molecule has 1 aliphatic heterocycles. The van der Waals surface area contributed by atoms with Crippen LogP contribution in [0.3, 0.4) is 0 Å². The first-order chi connectivity index (χ1) is 10.6. The van der Waals surface area contributed by atoms with Crippen molar-refractivity contribution in [3.63, 3.8) is 0 Å². The molecule has 0 bridgehead atoms. The van der Waals surface area contributed by atoms with E-state index in [2.05, 4.69) is 34.1 Å². The van der Waals surface area contributed by atoms with E-state index < -0.39 is 0 Å². The number of hydrogen-bond acceptors (Lipinski definition) is 3. The van der Waals surface area contributed by atoms with Crippen molar-refractivity contribution in [2.24, 2.45) is 0 Å². The van der Waals surface area contributed by atoms with Crippen LogP contribution in [0.5, 0.6) is 0 Å². The van der Waals surface area contributed by atoms with E-state index in [1.165, 1.54) is 5.69 Å². The monoisotopic (exact) mass is 298 g/mol. The van der Waals surface area contributed by atoms with E-state index in [1.54, 1.807) is 0 Å². The summed E-state index contributed by atoms with van der Waals surface area (Å²) in [7, 11) is 0. The van der Waals surface area contributed by atoms with Crippen molar-refractivity contribution in [3.8, 4) is 0 Å². The molecule has 116 valence electrons. The van der Waals surface area contributed by atoms with Gasteiger partial charge >= 0.3 is 0 Å². The number of carbonyl (C=O) groups excluding carboxylic acids is 1. The topological polar surface area (TPSA) is 41.4 Å². The van der Waals surface area contributed by atoms with Crippen LogP contribution in [0, 0.1) is 13.8 Å². The molecule has 0 spiro atoms. The Morgan fingerprint density at radius 1 is 1.09 bits per heavy atom. The Kier molecular flexibility index (Phi) is 4.13. The average molecular weight is 298 g/mol. The number of para-hydroxylation sites is 1. The van der Waals surface area contributed by atoms with E-state index >= 15 is 0 Å². The largest absolute Gasteiger partial charge is 0.368 e. The molecule has 5 nitrogen and oxygen atoms in total. The highest BCUT2D eigenvalue weighted by atomic mass is 16.2. The lowest BCUT2D eigenvalue weighted by Crippen LogP contribution is -2.49. The first-order valence-electron chi connectivity index (χ1n) is 7.71. The molecule has 0 saturated carbocycles. The van der Waals surface area contributed by atoms with E-state index in [4.69, 9.17) is 0 Å². The number of carbonyl (C=O) groups is 1. The third-order valence-corrected chi connectivity index (χ3v) is 4.16. The van der Waals surface area contributed by atoms with Crippen LogP contribution in [-0.4, -0.2) is 46.5 Å². The van der Waals surface area contributed by atoms with Gasteiger partial charge in [-0.1, -0.05) is 18.2 Å². The number of imidazole rings is 1. The van der Waals surface area contributed by atoms with Gasteiger partial charge in [0.05, 0.1) is 5.69 Å². The molecule has 1 aromatic heterocycles. The second-order valence-electron chi connectivity index (χ2n) is 5.76. The molecule has 1 amide bonds. The maximum Gasteiger partial charge on any atom is 0.242 e. The molecular weight excluding hydrogens is 276 g/mol. The first kappa shape index (κ1) is 14.6. The number of hydrogen-bond donors (Lipinski definition) is 0. The highest BCUT2D eigenvalue weighted by Gasteiger charge is 2.21. The quantitative estimate of drug-likeness (QED) is 0.868. The van der Waals surface area contributed by atoms with Gasteiger partial charge in [0.1, 0.15) is 12.4 Å². The van der Waals surface area contributed by atoms with Crippen molar-refractivity contribution in [1.29, 1.82) is 0 Å². The van der Waals surface area contributed by atoms with E-state index in [0.29, 0.717) is 6.54 Å². The standard InChI is InChI=1S/C17H22N4O/c1-14-12-21(15(2)18-14)13-17(22)20-10-8-19(9-11-20)16-6-4-3-5-7-16/h3-7,12H,8-11,13H2,1-2H3. The zero-order valence-corrected chi connectivity index (χ0v) is 13.2. The third-order valence-electron chi connectivity index (χ3n) is 4.16. The van der Waals surface area contributed by atoms with Gasteiger partial charge in [0, 0.05) is 38.1 Å². The molecule has 0 unspecified atom stereocenters. The van der Waals surface area contributed by atoms with Crippen molar-refractivity contribution in [1.82, 2.24) is 14.5 Å². The number of aromatic nitrogens is 2. The van der Waals surface area contributed by atoms with Crippen LogP contribution in [0.1, 0.15) is 11.5 Å². The van der Waals surface area contributed by atoms with Gasteiger partial charge < -0.3 is 14.4 Å². The SMILES string of the molecule is Cc1cn(CC(=O)N2CCN(c3ccccc3)CC2)c(C)n1. The van der Waals surface area contributed by atoms with Gasteiger partial charge in [-0.2, -0.15) is 0 Å². The predicted octanol–water partition coefficient (Wildman–Crippen LogP) is 1.85. The fourth-order valence-electron chi connectivity index (χ4n) is 2.93. The van der Waals surface area contributed by atoms with Gasteiger partial charge in [-0.15, -0.1) is 0 Å². The molecule has 0 N–H and O–H groups in total. The molecule has 1 fully saturated rings.